The van der Waals surface area contributed by atoms with E-state index < -0.39 is 15.3 Å². The molecule has 2 aromatic carbocycles. The third-order valence-electron chi connectivity index (χ3n) is 3.64. The van der Waals surface area contributed by atoms with Crippen molar-refractivity contribution in [3.8, 4) is 22.3 Å². The van der Waals surface area contributed by atoms with Crippen molar-refractivity contribution in [3.05, 3.63) is 91.5 Å². The second-order valence-corrected chi connectivity index (χ2v) is 5.08. The van der Waals surface area contributed by atoms with Crippen LogP contribution in [0.15, 0.2) is 70.3 Å². The van der Waals surface area contributed by atoms with Crippen LogP contribution in [0.5, 0.6) is 0 Å². The van der Waals surface area contributed by atoms with Crippen LogP contribution in [-0.4, -0.2) is 9.85 Å². The molecule has 1 heterocycles. The molecule has 0 aliphatic heterocycles. The number of para-hydroxylation sites is 2. The molecule has 0 fully saturated rings. The fourth-order valence-electron chi connectivity index (χ4n) is 2.52. The highest BCUT2D eigenvalue weighted by Gasteiger charge is 2.22. The zero-order chi connectivity index (χ0) is 18.0. The minimum absolute atomic E-state index is 0.0389. The molecule has 3 aromatic rings. The van der Waals surface area contributed by atoms with E-state index in [2.05, 4.69) is 0 Å². The zero-order valence-electron chi connectivity index (χ0n) is 12.6. The lowest BCUT2D eigenvalue weighted by Crippen LogP contribution is -2.09. The van der Waals surface area contributed by atoms with Crippen LogP contribution < -0.4 is 5.43 Å². The Morgan fingerprint density at radius 2 is 1.08 bits per heavy atom. The molecule has 3 rings (SSSR count). The maximum atomic E-state index is 12.8. The minimum Gasteiger partial charge on any atom is -0.471 e. The van der Waals surface area contributed by atoms with Gasteiger partial charge < -0.3 is 4.42 Å². The number of benzene rings is 2. The van der Waals surface area contributed by atoms with Crippen LogP contribution in [0.4, 0.5) is 11.4 Å². The molecule has 0 saturated carbocycles. The van der Waals surface area contributed by atoms with Crippen LogP contribution in [0.1, 0.15) is 0 Å². The van der Waals surface area contributed by atoms with E-state index in [9.17, 15) is 25.0 Å². The molecule has 0 aliphatic carbocycles. The molecule has 0 atom stereocenters. The SMILES string of the molecule is O=c1c(-c2ccccc2[N+](=O)[O-])cocc1-c1ccccc1[N+](=O)[O-]. The maximum absolute atomic E-state index is 12.8. The molecule has 0 amide bonds. The van der Waals surface area contributed by atoms with Crippen molar-refractivity contribution < 1.29 is 14.3 Å². The van der Waals surface area contributed by atoms with Crippen molar-refractivity contribution in [1.82, 2.24) is 0 Å². The summed E-state index contributed by atoms with van der Waals surface area (Å²) < 4.78 is 5.15. The third kappa shape index (κ3) is 2.88. The highest BCUT2D eigenvalue weighted by Crippen LogP contribution is 2.31. The minimum atomic E-state index is -0.605. The second-order valence-electron chi connectivity index (χ2n) is 5.08. The molecule has 0 spiro atoms. The Kier molecular flexibility index (Phi) is 4.09. The van der Waals surface area contributed by atoms with Gasteiger partial charge in [0.2, 0.25) is 5.43 Å². The van der Waals surface area contributed by atoms with E-state index >= 15 is 0 Å². The highest BCUT2D eigenvalue weighted by atomic mass is 16.6. The van der Waals surface area contributed by atoms with Crippen LogP contribution in [0.3, 0.4) is 0 Å². The van der Waals surface area contributed by atoms with Gasteiger partial charge in [0.05, 0.1) is 32.1 Å². The number of nitro benzene ring substituents is 2. The van der Waals surface area contributed by atoms with Gasteiger partial charge in [0.25, 0.3) is 11.4 Å². The first kappa shape index (κ1) is 16.1. The third-order valence-corrected chi connectivity index (χ3v) is 3.64. The average molecular weight is 338 g/mol. The molecule has 25 heavy (non-hydrogen) atoms. The number of hydrogen-bond donors (Lipinski definition) is 0. The Bertz CT molecular complexity index is 962. The van der Waals surface area contributed by atoms with E-state index in [0.29, 0.717) is 0 Å². The molecular formula is C17H10N2O6. The van der Waals surface area contributed by atoms with Crippen LogP contribution in [0, 0.1) is 20.2 Å². The quantitative estimate of drug-likeness (QED) is 0.527. The fraction of sp³-hybridized carbons (Fsp3) is 0. The molecule has 124 valence electrons. The van der Waals surface area contributed by atoms with Crippen molar-refractivity contribution in [2.24, 2.45) is 0 Å². The summed E-state index contributed by atoms with van der Waals surface area (Å²) in [5.74, 6) is 0. The number of nitro groups is 2. The lowest BCUT2D eigenvalue weighted by atomic mass is 10.00. The second kappa shape index (κ2) is 6.36. The summed E-state index contributed by atoms with van der Waals surface area (Å²) in [6.45, 7) is 0. The van der Waals surface area contributed by atoms with Gasteiger partial charge in [0.1, 0.15) is 12.5 Å². The van der Waals surface area contributed by atoms with E-state index in [1.807, 2.05) is 0 Å². The molecule has 0 aliphatic rings. The molecule has 0 unspecified atom stereocenters. The average Bonchev–Trinajstić information content (AvgIpc) is 2.62. The first-order valence-corrected chi connectivity index (χ1v) is 7.09. The van der Waals surface area contributed by atoms with Crippen LogP contribution in [0.2, 0.25) is 0 Å². The van der Waals surface area contributed by atoms with Crippen molar-refractivity contribution in [2.75, 3.05) is 0 Å². The highest BCUT2D eigenvalue weighted by molar-refractivity contribution is 5.79. The largest absolute Gasteiger partial charge is 0.471 e. The van der Waals surface area contributed by atoms with Gasteiger partial charge in [-0.1, -0.05) is 24.3 Å². The summed E-state index contributed by atoms with van der Waals surface area (Å²) in [6.07, 6.45) is 2.20. The summed E-state index contributed by atoms with van der Waals surface area (Å²) in [7, 11) is 0. The van der Waals surface area contributed by atoms with Gasteiger partial charge in [0.15, 0.2) is 0 Å². The summed E-state index contributed by atoms with van der Waals surface area (Å²) in [5, 5.41) is 22.4. The monoisotopic (exact) mass is 338 g/mol. The molecule has 0 bridgehead atoms. The molecule has 8 heteroatoms. The van der Waals surface area contributed by atoms with E-state index in [1.165, 1.54) is 36.4 Å². The van der Waals surface area contributed by atoms with Crippen molar-refractivity contribution >= 4 is 11.4 Å². The molecular weight excluding hydrogens is 328 g/mol. The first-order chi connectivity index (χ1) is 12.0. The Morgan fingerprint density at radius 1 is 0.680 bits per heavy atom. The number of hydrogen-bond acceptors (Lipinski definition) is 6. The number of rotatable bonds is 4. The van der Waals surface area contributed by atoms with Gasteiger partial charge >= 0.3 is 0 Å². The lowest BCUT2D eigenvalue weighted by molar-refractivity contribution is -0.384. The summed E-state index contributed by atoms with van der Waals surface area (Å²) in [4.78, 5) is 34.0. The Morgan fingerprint density at radius 3 is 1.48 bits per heavy atom. The van der Waals surface area contributed by atoms with Gasteiger partial charge in [-0.25, -0.2) is 0 Å². The van der Waals surface area contributed by atoms with Gasteiger partial charge in [-0.05, 0) is 12.1 Å². The van der Waals surface area contributed by atoms with Crippen LogP contribution in [-0.2, 0) is 0 Å². The van der Waals surface area contributed by atoms with Gasteiger partial charge in [-0.3, -0.25) is 25.0 Å². The molecule has 0 radical (unpaired) electrons. The molecule has 1 aromatic heterocycles. The van der Waals surface area contributed by atoms with E-state index in [4.69, 9.17) is 4.42 Å². The Labute approximate surface area is 140 Å². The van der Waals surface area contributed by atoms with Gasteiger partial charge in [-0.2, -0.15) is 0 Å². The van der Waals surface area contributed by atoms with Gasteiger partial charge in [-0.15, -0.1) is 0 Å². The smallest absolute Gasteiger partial charge is 0.277 e. The van der Waals surface area contributed by atoms with E-state index in [0.717, 1.165) is 12.5 Å². The first-order valence-electron chi connectivity index (χ1n) is 7.09. The summed E-state index contributed by atoms with van der Waals surface area (Å²) >= 11 is 0. The predicted octanol–water partition coefficient (Wildman–Crippen LogP) is 3.79. The zero-order valence-corrected chi connectivity index (χ0v) is 12.6. The standard InChI is InChI=1S/C17H10N2O6/c20-17-13(11-5-1-3-7-15(11)18(21)22)9-25-10-14(17)12-6-2-4-8-16(12)19(23)24/h1-10H. The Hall–Kier alpha value is -3.81. The van der Waals surface area contributed by atoms with Crippen LogP contribution >= 0.6 is 0 Å². The lowest BCUT2D eigenvalue weighted by Gasteiger charge is -2.05. The molecule has 8 nitrogen and oxygen atoms in total. The van der Waals surface area contributed by atoms with Gasteiger partial charge in [0, 0.05) is 12.1 Å². The van der Waals surface area contributed by atoms with E-state index in [-0.39, 0.29) is 33.6 Å². The molecule has 0 N–H and O–H groups in total. The van der Waals surface area contributed by atoms with Crippen molar-refractivity contribution in [2.45, 2.75) is 0 Å². The van der Waals surface area contributed by atoms with Crippen LogP contribution in [0.25, 0.3) is 22.3 Å². The fourth-order valence-corrected chi connectivity index (χ4v) is 2.52. The Balaban J connectivity index is 2.27. The topological polar surface area (TPSA) is 116 Å². The summed E-state index contributed by atoms with van der Waals surface area (Å²) in [5.41, 5.74) is -1.01. The van der Waals surface area contributed by atoms with Crippen molar-refractivity contribution in [1.29, 1.82) is 0 Å². The summed E-state index contributed by atoms with van der Waals surface area (Å²) in [6, 6.07) is 11.5. The van der Waals surface area contributed by atoms with E-state index in [1.54, 1.807) is 12.1 Å². The predicted molar refractivity (Wildman–Crippen MR) is 89.2 cm³/mol. The van der Waals surface area contributed by atoms with Crippen molar-refractivity contribution in [3.63, 3.8) is 0 Å². The molecule has 0 saturated heterocycles. The maximum Gasteiger partial charge on any atom is 0.277 e. The normalized spacial score (nSPS) is 10.4. The number of nitrogens with zero attached hydrogens (tertiary/aromatic N) is 2.